The minimum atomic E-state index is -4.21. The zero-order valence-corrected chi connectivity index (χ0v) is 9.94. The summed E-state index contributed by atoms with van der Waals surface area (Å²) in [6.07, 6.45) is 0. The second kappa shape index (κ2) is 4.08. The van der Waals surface area contributed by atoms with Crippen molar-refractivity contribution in [2.24, 2.45) is 0 Å². The maximum absolute atomic E-state index is 12.3. The lowest BCUT2D eigenvalue weighted by atomic mass is 10.0. The van der Waals surface area contributed by atoms with E-state index >= 15 is 0 Å². The fourth-order valence-electron chi connectivity index (χ4n) is 1.45. The van der Waals surface area contributed by atoms with Crippen LogP contribution in [0.15, 0.2) is 11.0 Å². The molecule has 15 heavy (non-hydrogen) atoms. The Morgan fingerprint density at radius 3 is 1.67 bits per heavy atom. The van der Waals surface area contributed by atoms with E-state index in [0.717, 1.165) is 22.3 Å². The van der Waals surface area contributed by atoms with Gasteiger partial charge in [0.15, 0.2) is 0 Å². The Balaban J connectivity index is 3.27. The zero-order chi connectivity index (χ0) is 11.8. The second-order valence-electron chi connectivity index (χ2n) is 3.64. The number of benzene rings is 1. The molecule has 0 heterocycles. The van der Waals surface area contributed by atoms with Crippen molar-refractivity contribution < 1.29 is 13.2 Å². The number of hydrogen-bond acceptors (Lipinski definition) is 1. The van der Waals surface area contributed by atoms with Crippen LogP contribution in [0.5, 0.6) is 0 Å². The van der Waals surface area contributed by atoms with Gasteiger partial charge in [-0.2, -0.15) is 13.2 Å². The third-order valence-corrected chi connectivity index (χ3v) is 3.56. The smallest absolute Gasteiger partial charge is 0.160 e. The summed E-state index contributed by atoms with van der Waals surface area (Å²) in [5.74, 6) is 0. The van der Waals surface area contributed by atoms with Crippen LogP contribution < -0.4 is 0 Å². The third-order valence-electron chi connectivity index (χ3n) is 2.52. The van der Waals surface area contributed by atoms with Crippen LogP contribution in [0.2, 0.25) is 0 Å². The van der Waals surface area contributed by atoms with Gasteiger partial charge < -0.3 is 0 Å². The molecular weight excluding hydrogens is 221 g/mol. The van der Waals surface area contributed by atoms with E-state index in [1.807, 2.05) is 19.9 Å². The molecule has 0 aliphatic carbocycles. The van der Waals surface area contributed by atoms with Crippen molar-refractivity contribution in [3.63, 3.8) is 0 Å². The highest BCUT2D eigenvalue weighted by Gasteiger charge is 2.31. The van der Waals surface area contributed by atoms with Crippen molar-refractivity contribution in [1.82, 2.24) is 0 Å². The van der Waals surface area contributed by atoms with Gasteiger partial charge in [-0.25, -0.2) is 0 Å². The van der Waals surface area contributed by atoms with Gasteiger partial charge in [-0.1, -0.05) is 6.07 Å². The summed E-state index contributed by atoms with van der Waals surface area (Å²) in [4.78, 5) is 0.347. The van der Waals surface area contributed by atoms with Crippen LogP contribution in [-0.4, -0.2) is 5.51 Å². The quantitative estimate of drug-likeness (QED) is 0.643. The van der Waals surface area contributed by atoms with E-state index < -0.39 is 5.51 Å². The molecule has 0 saturated heterocycles. The molecule has 0 spiro atoms. The van der Waals surface area contributed by atoms with Crippen LogP contribution >= 0.6 is 11.8 Å². The minimum Gasteiger partial charge on any atom is -0.160 e. The van der Waals surface area contributed by atoms with E-state index in [1.54, 1.807) is 13.8 Å². The maximum atomic E-state index is 12.3. The largest absolute Gasteiger partial charge is 0.446 e. The van der Waals surface area contributed by atoms with Crippen LogP contribution in [0.3, 0.4) is 0 Å². The van der Waals surface area contributed by atoms with Gasteiger partial charge in [0.05, 0.1) is 0 Å². The molecule has 84 valence electrons. The Kier molecular flexibility index (Phi) is 3.38. The summed E-state index contributed by atoms with van der Waals surface area (Å²) < 4.78 is 37.0. The summed E-state index contributed by atoms with van der Waals surface area (Å²) in [5, 5.41) is 0. The summed E-state index contributed by atoms with van der Waals surface area (Å²) in [5.41, 5.74) is -0.953. The standard InChI is InChI=1S/C11H13F3S/c1-6-5-7(2)9(4)10(8(6)3)15-11(12,13)14/h5H,1-4H3. The minimum absolute atomic E-state index is 0.0177. The van der Waals surface area contributed by atoms with Gasteiger partial charge in [0, 0.05) is 4.90 Å². The molecule has 0 amide bonds. The SMILES string of the molecule is Cc1cc(C)c(C)c(SC(F)(F)F)c1C. The summed E-state index contributed by atoms with van der Waals surface area (Å²) in [6, 6.07) is 1.92. The first-order valence-corrected chi connectivity index (χ1v) is 5.37. The van der Waals surface area contributed by atoms with Gasteiger partial charge in [-0.05, 0) is 61.7 Å². The Hall–Kier alpha value is -0.640. The average Bonchev–Trinajstić information content (AvgIpc) is 2.08. The molecular formula is C11H13F3S. The van der Waals surface area contributed by atoms with Gasteiger partial charge in [-0.15, -0.1) is 0 Å². The first-order chi connectivity index (χ1) is 6.72. The summed E-state index contributed by atoms with van der Waals surface area (Å²) in [7, 11) is 0. The van der Waals surface area contributed by atoms with Crippen LogP contribution in [0.25, 0.3) is 0 Å². The Labute approximate surface area is 91.9 Å². The highest BCUT2D eigenvalue weighted by molar-refractivity contribution is 8.00. The summed E-state index contributed by atoms with van der Waals surface area (Å²) >= 11 is -0.0177. The highest BCUT2D eigenvalue weighted by atomic mass is 32.2. The number of hydrogen-bond donors (Lipinski definition) is 0. The van der Waals surface area contributed by atoms with Gasteiger partial charge in [-0.3, -0.25) is 0 Å². The van der Waals surface area contributed by atoms with Crippen molar-refractivity contribution in [1.29, 1.82) is 0 Å². The fourth-order valence-corrected chi connectivity index (χ4v) is 2.31. The maximum Gasteiger partial charge on any atom is 0.446 e. The first kappa shape index (κ1) is 12.4. The first-order valence-electron chi connectivity index (χ1n) is 4.55. The molecule has 0 unspecified atom stereocenters. The third kappa shape index (κ3) is 2.91. The van der Waals surface area contributed by atoms with Gasteiger partial charge in [0.25, 0.3) is 0 Å². The monoisotopic (exact) mass is 234 g/mol. The van der Waals surface area contributed by atoms with Crippen molar-refractivity contribution in [2.45, 2.75) is 38.1 Å². The Bertz CT molecular complexity index is 354. The molecule has 0 aliphatic heterocycles. The van der Waals surface area contributed by atoms with Crippen LogP contribution in [-0.2, 0) is 0 Å². The molecule has 0 saturated carbocycles. The van der Waals surface area contributed by atoms with Crippen molar-refractivity contribution in [3.05, 3.63) is 28.3 Å². The molecule has 0 fully saturated rings. The van der Waals surface area contributed by atoms with Gasteiger partial charge in [0.1, 0.15) is 0 Å². The molecule has 1 aromatic carbocycles. The topological polar surface area (TPSA) is 0 Å². The predicted molar refractivity (Wildman–Crippen MR) is 57.3 cm³/mol. The van der Waals surface area contributed by atoms with E-state index in [0.29, 0.717) is 4.90 Å². The lowest BCUT2D eigenvalue weighted by Gasteiger charge is -2.15. The van der Waals surface area contributed by atoms with Gasteiger partial charge >= 0.3 is 5.51 Å². The molecule has 0 N–H and O–H groups in total. The van der Waals surface area contributed by atoms with E-state index in [9.17, 15) is 13.2 Å². The van der Waals surface area contributed by atoms with Crippen molar-refractivity contribution >= 4 is 11.8 Å². The number of thioether (sulfide) groups is 1. The molecule has 0 nitrogen and oxygen atoms in total. The predicted octanol–water partition coefficient (Wildman–Crippen LogP) is 4.53. The number of rotatable bonds is 1. The molecule has 1 rings (SSSR count). The van der Waals surface area contributed by atoms with E-state index in [2.05, 4.69) is 0 Å². The molecule has 4 heteroatoms. The number of halogens is 3. The molecule has 0 atom stereocenters. The average molecular weight is 234 g/mol. The zero-order valence-electron chi connectivity index (χ0n) is 9.12. The molecule has 0 bridgehead atoms. The Morgan fingerprint density at radius 2 is 1.33 bits per heavy atom. The van der Waals surface area contributed by atoms with Crippen LogP contribution in [0.1, 0.15) is 22.3 Å². The van der Waals surface area contributed by atoms with Crippen LogP contribution in [0.4, 0.5) is 13.2 Å². The molecule has 0 aliphatic rings. The fraction of sp³-hybridized carbons (Fsp3) is 0.455. The second-order valence-corrected chi connectivity index (χ2v) is 4.71. The number of aryl methyl sites for hydroxylation is 2. The van der Waals surface area contributed by atoms with Gasteiger partial charge in [0.2, 0.25) is 0 Å². The van der Waals surface area contributed by atoms with Crippen molar-refractivity contribution in [2.75, 3.05) is 0 Å². The summed E-state index contributed by atoms with van der Waals surface area (Å²) in [6.45, 7) is 7.14. The molecule has 1 aromatic rings. The highest BCUT2D eigenvalue weighted by Crippen LogP contribution is 2.41. The van der Waals surface area contributed by atoms with E-state index in [4.69, 9.17) is 0 Å². The van der Waals surface area contributed by atoms with E-state index in [-0.39, 0.29) is 11.8 Å². The van der Waals surface area contributed by atoms with Crippen molar-refractivity contribution in [3.8, 4) is 0 Å². The lowest BCUT2D eigenvalue weighted by Crippen LogP contribution is -2.03. The lowest BCUT2D eigenvalue weighted by molar-refractivity contribution is -0.0328. The Morgan fingerprint density at radius 1 is 0.933 bits per heavy atom. The van der Waals surface area contributed by atoms with Crippen LogP contribution in [0, 0.1) is 27.7 Å². The normalized spacial score (nSPS) is 11.9. The number of alkyl halides is 3. The van der Waals surface area contributed by atoms with E-state index in [1.165, 1.54) is 0 Å². The molecule has 0 aromatic heterocycles. The molecule has 0 radical (unpaired) electrons.